The van der Waals surface area contributed by atoms with Gasteiger partial charge in [0, 0.05) is 33.4 Å². The van der Waals surface area contributed by atoms with Crippen LogP contribution in [0.1, 0.15) is 30.9 Å². The first-order chi connectivity index (χ1) is 13.9. The molecular weight excluding hydrogens is 366 g/mol. The van der Waals surface area contributed by atoms with Gasteiger partial charge in [0.1, 0.15) is 0 Å². The maximum atomic E-state index is 12.1. The number of carbonyl (C=O) groups excluding carboxylic acids is 2. The van der Waals surface area contributed by atoms with Crippen LogP contribution in [-0.2, 0) is 9.59 Å². The van der Waals surface area contributed by atoms with Crippen LogP contribution in [0, 0.1) is 11.3 Å². The molecule has 2 aromatic rings. The monoisotopic (exact) mass is 391 g/mol. The minimum Gasteiger partial charge on any atom is -0.394 e. The van der Waals surface area contributed by atoms with Crippen LogP contribution >= 0.6 is 0 Å². The number of amides is 2. The molecular formula is C23H25N3O3. The van der Waals surface area contributed by atoms with Crippen LogP contribution in [0.4, 0.5) is 0 Å². The molecule has 0 unspecified atom stereocenters. The number of aliphatic hydroxyl groups is 1. The van der Waals surface area contributed by atoms with Crippen LogP contribution in [0.3, 0.4) is 0 Å². The van der Waals surface area contributed by atoms with Crippen molar-refractivity contribution in [2.45, 2.75) is 31.8 Å². The summed E-state index contributed by atoms with van der Waals surface area (Å²) in [7, 11) is 1.72. The van der Waals surface area contributed by atoms with E-state index in [1.807, 2.05) is 42.5 Å². The van der Waals surface area contributed by atoms with Gasteiger partial charge in [0.2, 0.25) is 11.8 Å². The zero-order valence-electron chi connectivity index (χ0n) is 16.9. The minimum absolute atomic E-state index is 0.0507. The second-order valence-corrected chi connectivity index (χ2v) is 7.48. The summed E-state index contributed by atoms with van der Waals surface area (Å²) in [5.41, 5.74) is 3.58. The number of aliphatic hydroxyl groups excluding tert-OH is 1. The Morgan fingerprint density at radius 2 is 1.79 bits per heavy atom. The van der Waals surface area contributed by atoms with Gasteiger partial charge in [-0.25, -0.2) is 0 Å². The number of nitriles is 1. The molecule has 0 aromatic heterocycles. The number of nitrogens with zero attached hydrogens (tertiary/aromatic N) is 3. The molecule has 2 aromatic carbocycles. The van der Waals surface area contributed by atoms with Crippen molar-refractivity contribution in [1.29, 1.82) is 5.26 Å². The first-order valence-corrected chi connectivity index (χ1v) is 9.59. The van der Waals surface area contributed by atoms with Crippen molar-refractivity contribution in [2.24, 2.45) is 0 Å². The summed E-state index contributed by atoms with van der Waals surface area (Å²) in [6, 6.07) is 17.1. The van der Waals surface area contributed by atoms with Gasteiger partial charge in [0.25, 0.3) is 0 Å². The van der Waals surface area contributed by atoms with Crippen LogP contribution in [0.2, 0.25) is 0 Å². The number of hydrogen-bond acceptors (Lipinski definition) is 4. The van der Waals surface area contributed by atoms with Crippen LogP contribution in [0.25, 0.3) is 11.1 Å². The van der Waals surface area contributed by atoms with E-state index in [-0.39, 0.29) is 36.4 Å². The Labute approximate surface area is 171 Å². The molecule has 0 radical (unpaired) electrons. The molecule has 1 aliphatic heterocycles. The van der Waals surface area contributed by atoms with Crippen LogP contribution in [0.15, 0.2) is 48.5 Å². The molecule has 0 aliphatic carbocycles. The van der Waals surface area contributed by atoms with E-state index in [4.69, 9.17) is 5.26 Å². The molecule has 0 saturated carbocycles. The molecule has 3 rings (SSSR count). The fourth-order valence-electron chi connectivity index (χ4n) is 4.14. The van der Waals surface area contributed by atoms with E-state index in [0.717, 1.165) is 16.7 Å². The number of benzene rings is 2. The maximum Gasteiger partial charge on any atom is 0.220 e. The average molecular weight is 391 g/mol. The van der Waals surface area contributed by atoms with Gasteiger partial charge in [-0.05, 0) is 28.8 Å². The number of hydrogen-bond donors (Lipinski definition) is 1. The van der Waals surface area contributed by atoms with Crippen LogP contribution < -0.4 is 0 Å². The smallest absolute Gasteiger partial charge is 0.220 e. The van der Waals surface area contributed by atoms with Gasteiger partial charge >= 0.3 is 0 Å². The molecule has 1 aliphatic rings. The summed E-state index contributed by atoms with van der Waals surface area (Å²) in [6.45, 7) is 3.28. The molecule has 0 spiro atoms. The lowest BCUT2D eigenvalue weighted by Crippen LogP contribution is -2.68. The topological polar surface area (TPSA) is 84.6 Å². The standard InChI is InChI=1S/C23H25N3O3/c1-15(28)25(3)13-21-23(22(14-27)26(21)16(2)29)19-9-7-18(8-10-19)20-6-4-5-17(11-20)12-24/h4-11,21-23,27H,13-14H2,1-3H3/t21-,22+,23+/m1/s1. The molecule has 1 fully saturated rings. The first-order valence-electron chi connectivity index (χ1n) is 9.59. The number of likely N-dealkylation sites (tertiary alicyclic amines) is 1. The van der Waals surface area contributed by atoms with Crippen LogP contribution in [0.5, 0.6) is 0 Å². The Morgan fingerprint density at radius 1 is 1.10 bits per heavy atom. The molecule has 1 heterocycles. The molecule has 0 bridgehead atoms. The van der Waals surface area contributed by atoms with E-state index in [1.54, 1.807) is 22.9 Å². The summed E-state index contributed by atoms with van der Waals surface area (Å²) in [4.78, 5) is 27.1. The zero-order valence-corrected chi connectivity index (χ0v) is 16.9. The first kappa shape index (κ1) is 20.6. The third kappa shape index (κ3) is 4.01. The summed E-state index contributed by atoms with van der Waals surface area (Å²) >= 11 is 0. The van der Waals surface area contributed by atoms with E-state index in [0.29, 0.717) is 12.1 Å². The molecule has 1 saturated heterocycles. The predicted octanol–water partition coefficient (Wildman–Crippen LogP) is 2.38. The maximum absolute atomic E-state index is 12.1. The van der Waals surface area contributed by atoms with Gasteiger partial charge in [-0.15, -0.1) is 0 Å². The van der Waals surface area contributed by atoms with Crippen molar-refractivity contribution in [2.75, 3.05) is 20.2 Å². The van der Waals surface area contributed by atoms with Gasteiger partial charge in [-0.1, -0.05) is 36.4 Å². The minimum atomic E-state index is -0.300. The Morgan fingerprint density at radius 3 is 2.34 bits per heavy atom. The summed E-state index contributed by atoms with van der Waals surface area (Å²) in [5, 5.41) is 19.0. The lowest BCUT2D eigenvalue weighted by atomic mass is 9.74. The molecule has 29 heavy (non-hydrogen) atoms. The highest BCUT2D eigenvalue weighted by Crippen LogP contribution is 2.41. The number of likely N-dealkylation sites (N-methyl/N-ethyl adjacent to an activating group) is 1. The SMILES string of the molecule is CC(=O)N(C)C[C@@H]1[C@H](c2ccc(-c3cccc(C#N)c3)cc2)[C@H](CO)N1C(C)=O. The van der Waals surface area contributed by atoms with E-state index < -0.39 is 0 Å². The van der Waals surface area contributed by atoms with Crippen LogP contribution in [-0.4, -0.2) is 59.0 Å². The van der Waals surface area contributed by atoms with E-state index in [2.05, 4.69) is 6.07 Å². The van der Waals surface area contributed by atoms with Gasteiger partial charge in [-0.2, -0.15) is 5.26 Å². The fourth-order valence-corrected chi connectivity index (χ4v) is 4.14. The van der Waals surface area contributed by atoms with Gasteiger partial charge in [-0.3, -0.25) is 9.59 Å². The Balaban J connectivity index is 1.89. The Kier molecular flexibility index (Phi) is 6.00. The second kappa shape index (κ2) is 8.46. The Hall–Kier alpha value is -3.17. The molecule has 150 valence electrons. The highest BCUT2D eigenvalue weighted by Gasteiger charge is 2.50. The average Bonchev–Trinajstić information content (AvgIpc) is 2.70. The highest BCUT2D eigenvalue weighted by molar-refractivity contribution is 5.77. The number of carbonyl (C=O) groups is 2. The summed E-state index contributed by atoms with van der Waals surface area (Å²) in [6.07, 6.45) is 0. The zero-order chi connectivity index (χ0) is 21.1. The summed E-state index contributed by atoms with van der Waals surface area (Å²) in [5.74, 6) is -0.218. The van der Waals surface area contributed by atoms with Crippen molar-refractivity contribution in [1.82, 2.24) is 9.80 Å². The molecule has 6 nitrogen and oxygen atoms in total. The highest BCUT2D eigenvalue weighted by atomic mass is 16.3. The normalized spacial score (nSPS) is 20.5. The molecule has 6 heteroatoms. The van der Waals surface area contributed by atoms with Crippen molar-refractivity contribution in [3.63, 3.8) is 0 Å². The van der Waals surface area contributed by atoms with Crippen molar-refractivity contribution >= 4 is 11.8 Å². The third-order valence-corrected chi connectivity index (χ3v) is 5.71. The third-order valence-electron chi connectivity index (χ3n) is 5.71. The summed E-state index contributed by atoms with van der Waals surface area (Å²) < 4.78 is 0. The molecule has 1 N–H and O–H groups in total. The Bertz CT molecular complexity index is 949. The van der Waals surface area contributed by atoms with Crippen molar-refractivity contribution < 1.29 is 14.7 Å². The second-order valence-electron chi connectivity index (χ2n) is 7.48. The van der Waals surface area contributed by atoms with Gasteiger partial charge in [0.15, 0.2) is 0 Å². The van der Waals surface area contributed by atoms with E-state index in [1.165, 1.54) is 13.8 Å². The van der Waals surface area contributed by atoms with Crippen molar-refractivity contribution in [3.8, 4) is 17.2 Å². The van der Waals surface area contributed by atoms with Gasteiger partial charge < -0.3 is 14.9 Å². The lowest BCUT2D eigenvalue weighted by molar-refractivity contribution is -0.151. The number of rotatable bonds is 5. The van der Waals surface area contributed by atoms with E-state index >= 15 is 0 Å². The van der Waals surface area contributed by atoms with Gasteiger partial charge in [0.05, 0.1) is 30.3 Å². The largest absolute Gasteiger partial charge is 0.394 e. The fraction of sp³-hybridized carbons (Fsp3) is 0.348. The molecule has 3 atom stereocenters. The molecule has 2 amide bonds. The lowest BCUT2D eigenvalue weighted by Gasteiger charge is -2.55. The van der Waals surface area contributed by atoms with E-state index in [9.17, 15) is 14.7 Å². The quantitative estimate of drug-likeness (QED) is 0.848. The van der Waals surface area contributed by atoms with Crippen molar-refractivity contribution in [3.05, 3.63) is 59.7 Å². The predicted molar refractivity (Wildman–Crippen MR) is 110 cm³/mol.